The lowest BCUT2D eigenvalue weighted by Gasteiger charge is -2.06. The third-order valence-corrected chi connectivity index (χ3v) is 4.14. The summed E-state index contributed by atoms with van der Waals surface area (Å²) in [5.74, 6) is 0.483. The van der Waals surface area contributed by atoms with E-state index in [1.165, 1.54) is 34.8 Å². The molecule has 106 valence electrons. The predicted molar refractivity (Wildman–Crippen MR) is 92.6 cm³/mol. The lowest BCUT2D eigenvalue weighted by Crippen LogP contribution is -2.31. The van der Waals surface area contributed by atoms with E-state index in [1.54, 1.807) is 6.08 Å². The van der Waals surface area contributed by atoms with Gasteiger partial charge in [-0.2, -0.15) is 0 Å². The van der Waals surface area contributed by atoms with Crippen LogP contribution >= 0.6 is 35.3 Å². The molecule has 19 heavy (non-hydrogen) atoms. The Morgan fingerprint density at radius 1 is 1.47 bits per heavy atom. The molecule has 1 aromatic rings. The maximum atomic E-state index is 5.70. The van der Waals surface area contributed by atoms with Gasteiger partial charge in [0.15, 0.2) is 5.96 Å². The van der Waals surface area contributed by atoms with Crippen molar-refractivity contribution in [1.82, 2.24) is 10.3 Å². The highest BCUT2D eigenvalue weighted by atomic mass is 127. The fourth-order valence-corrected chi connectivity index (χ4v) is 3.16. The Morgan fingerprint density at radius 3 is 3.00 bits per heavy atom. The van der Waals surface area contributed by atoms with Crippen molar-refractivity contribution >= 4 is 41.3 Å². The van der Waals surface area contributed by atoms with Crippen molar-refractivity contribution in [3.05, 3.63) is 28.2 Å². The Balaban J connectivity index is 0.00000180. The first kappa shape index (κ1) is 16.4. The Bertz CT molecular complexity index is 418. The molecule has 6 heteroatoms. The van der Waals surface area contributed by atoms with Crippen LogP contribution in [0.25, 0.3) is 0 Å². The average Bonchev–Trinajstić information content (AvgIpc) is 2.79. The second-order valence-electron chi connectivity index (χ2n) is 4.37. The van der Waals surface area contributed by atoms with Gasteiger partial charge < -0.3 is 11.1 Å². The summed E-state index contributed by atoms with van der Waals surface area (Å²) in [5, 5.41) is 4.16. The Labute approximate surface area is 135 Å². The summed E-state index contributed by atoms with van der Waals surface area (Å²) in [5.41, 5.74) is 7.02. The van der Waals surface area contributed by atoms with Crippen LogP contribution < -0.4 is 11.1 Å². The second-order valence-corrected chi connectivity index (χ2v) is 5.54. The summed E-state index contributed by atoms with van der Waals surface area (Å²) in [6.07, 6.45) is 7.60. The van der Waals surface area contributed by atoms with Crippen LogP contribution in [0.2, 0.25) is 0 Å². The minimum Gasteiger partial charge on any atom is -0.370 e. The van der Waals surface area contributed by atoms with E-state index >= 15 is 0 Å². The Morgan fingerprint density at radius 2 is 2.26 bits per heavy atom. The zero-order chi connectivity index (χ0) is 12.8. The van der Waals surface area contributed by atoms with Crippen molar-refractivity contribution < 1.29 is 0 Å². The van der Waals surface area contributed by atoms with Gasteiger partial charge in [0, 0.05) is 24.4 Å². The number of aliphatic imine (C=N–C) groups is 1. The van der Waals surface area contributed by atoms with Crippen molar-refractivity contribution in [2.75, 3.05) is 13.1 Å². The number of aryl methyl sites for hydroxylation is 2. The molecule has 0 amide bonds. The minimum absolute atomic E-state index is 0. The smallest absolute Gasteiger partial charge is 0.188 e. The predicted octanol–water partition coefficient (Wildman–Crippen LogP) is 2.27. The van der Waals surface area contributed by atoms with Gasteiger partial charge in [-0.1, -0.05) is 6.08 Å². The van der Waals surface area contributed by atoms with Crippen LogP contribution in [0, 0.1) is 0 Å². The number of rotatable bonds is 5. The number of nitrogens with two attached hydrogens (primary N) is 1. The molecule has 3 N–H and O–H groups in total. The summed E-state index contributed by atoms with van der Waals surface area (Å²) in [7, 11) is 0. The maximum Gasteiger partial charge on any atom is 0.188 e. The van der Waals surface area contributed by atoms with Gasteiger partial charge in [0.25, 0.3) is 0 Å². The fourth-order valence-electron chi connectivity index (χ4n) is 2.02. The summed E-state index contributed by atoms with van der Waals surface area (Å²) < 4.78 is 0. The highest BCUT2D eigenvalue weighted by Crippen LogP contribution is 2.26. The molecule has 1 aromatic heterocycles. The summed E-state index contributed by atoms with van der Waals surface area (Å²) >= 11 is 1.85. The van der Waals surface area contributed by atoms with E-state index < -0.39 is 0 Å². The van der Waals surface area contributed by atoms with Gasteiger partial charge in [-0.25, -0.2) is 4.98 Å². The first-order chi connectivity index (χ1) is 8.79. The molecule has 0 unspecified atom stereocenters. The molecule has 0 aliphatic heterocycles. The molecule has 4 nitrogen and oxygen atoms in total. The first-order valence-electron chi connectivity index (χ1n) is 6.41. The van der Waals surface area contributed by atoms with Gasteiger partial charge >= 0.3 is 0 Å². The molecule has 2 rings (SSSR count). The zero-order valence-corrected chi connectivity index (χ0v) is 14.2. The number of thiazole rings is 1. The molecule has 0 aromatic carbocycles. The molecule has 0 saturated carbocycles. The number of guanidine groups is 1. The second kappa shape index (κ2) is 8.52. The molecule has 0 bridgehead atoms. The molecule has 0 fully saturated rings. The van der Waals surface area contributed by atoms with Gasteiger partial charge in [-0.3, -0.25) is 4.99 Å². The largest absolute Gasteiger partial charge is 0.370 e. The van der Waals surface area contributed by atoms with Crippen molar-refractivity contribution in [1.29, 1.82) is 0 Å². The first-order valence-corrected chi connectivity index (χ1v) is 7.23. The molecule has 0 radical (unpaired) electrons. The van der Waals surface area contributed by atoms with Crippen LogP contribution in [0.3, 0.4) is 0 Å². The van der Waals surface area contributed by atoms with Crippen LogP contribution in [0.1, 0.15) is 28.4 Å². The number of halogens is 1. The average molecular weight is 392 g/mol. The molecule has 0 atom stereocenters. The number of hydrogen-bond acceptors (Lipinski definition) is 3. The molecule has 0 saturated heterocycles. The summed E-state index contributed by atoms with van der Waals surface area (Å²) in [4.78, 5) is 10.4. The third-order valence-electron chi connectivity index (χ3n) is 2.93. The van der Waals surface area contributed by atoms with Crippen LogP contribution in [-0.2, 0) is 19.3 Å². The van der Waals surface area contributed by atoms with E-state index in [0.717, 1.165) is 12.8 Å². The highest BCUT2D eigenvalue weighted by Gasteiger charge is 2.14. The number of hydrogen-bond donors (Lipinski definition) is 2. The van der Waals surface area contributed by atoms with E-state index in [1.807, 2.05) is 11.3 Å². The quantitative estimate of drug-likeness (QED) is 0.350. The lowest BCUT2D eigenvalue weighted by molar-refractivity contribution is 0.680. The maximum absolute atomic E-state index is 5.70. The van der Waals surface area contributed by atoms with Gasteiger partial charge in [-0.15, -0.1) is 41.9 Å². The third kappa shape index (κ3) is 5.10. The standard InChI is InChI=1S/C13H20N4S.HI/c1-2-8-15-13(14)16-9-7-12-17-10-5-3-4-6-11(10)18-12;/h2H,1,3-9H2,(H3,14,15,16);1H. The Hall–Kier alpha value is -0.630. The van der Waals surface area contributed by atoms with Crippen LogP contribution in [0.15, 0.2) is 17.6 Å². The molecular formula is C13H21IN4S. The number of fused-ring (bicyclic) bond motifs is 1. The highest BCUT2D eigenvalue weighted by molar-refractivity contribution is 14.0. The SMILES string of the molecule is C=CCNC(N)=NCCc1nc2c(s1)CCCC2.I. The van der Waals surface area contributed by atoms with Crippen molar-refractivity contribution in [3.8, 4) is 0 Å². The summed E-state index contributed by atoms with van der Waals surface area (Å²) in [6, 6.07) is 0. The molecule has 1 aliphatic carbocycles. The monoisotopic (exact) mass is 392 g/mol. The van der Waals surface area contributed by atoms with Crippen LogP contribution in [-0.4, -0.2) is 24.0 Å². The molecule has 0 spiro atoms. The van der Waals surface area contributed by atoms with Gasteiger partial charge in [0.05, 0.1) is 10.7 Å². The van der Waals surface area contributed by atoms with Gasteiger partial charge in [0.2, 0.25) is 0 Å². The zero-order valence-electron chi connectivity index (χ0n) is 11.0. The van der Waals surface area contributed by atoms with Crippen LogP contribution in [0.5, 0.6) is 0 Å². The van der Waals surface area contributed by atoms with Crippen molar-refractivity contribution in [2.24, 2.45) is 10.7 Å². The van der Waals surface area contributed by atoms with E-state index in [0.29, 0.717) is 19.0 Å². The van der Waals surface area contributed by atoms with Gasteiger partial charge in [-0.05, 0) is 25.7 Å². The van der Waals surface area contributed by atoms with E-state index in [9.17, 15) is 0 Å². The minimum atomic E-state index is 0. The summed E-state index contributed by atoms with van der Waals surface area (Å²) in [6.45, 7) is 4.97. The topological polar surface area (TPSA) is 63.3 Å². The molecule has 1 heterocycles. The normalized spacial score (nSPS) is 14.4. The molecule has 1 aliphatic rings. The number of nitrogens with one attached hydrogen (secondary N) is 1. The van der Waals surface area contributed by atoms with Crippen molar-refractivity contribution in [3.63, 3.8) is 0 Å². The van der Waals surface area contributed by atoms with Gasteiger partial charge in [0.1, 0.15) is 0 Å². The van der Waals surface area contributed by atoms with E-state index in [4.69, 9.17) is 5.73 Å². The van der Waals surface area contributed by atoms with E-state index in [2.05, 4.69) is 21.9 Å². The molecular weight excluding hydrogens is 371 g/mol. The van der Waals surface area contributed by atoms with Crippen molar-refractivity contribution in [2.45, 2.75) is 32.1 Å². The number of nitrogens with zero attached hydrogens (tertiary/aromatic N) is 2. The lowest BCUT2D eigenvalue weighted by atomic mass is 10.0. The van der Waals surface area contributed by atoms with E-state index in [-0.39, 0.29) is 24.0 Å². The Kier molecular flexibility index (Phi) is 7.37. The fraction of sp³-hybridized carbons (Fsp3) is 0.538. The number of aromatic nitrogens is 1. The van der Waals surface area contributed by atoms with Crippen LogP contribution in [0.4, 0.5) is 0 Å².